The maximum Gasteiger partial charge on any atom is 0.312 e. The molecule has 0 bridgehead atoms. The highest BCUT2D eigenvalue weighted by molar-refractivity contribution is 6.35. The number of carbonyl (C=O) groups excluding carboxylic acids is 2. The van der Waals surface area contributed by atoms with E-state index in [1.807, 2.05) is 0 Å². The molecule has 1 N–H and O–H groups in total. The SMILES string of the molecule is CNc1cc(CN2CCN(C)C(=O)C2=O)ccc1[N+](=O)[O-]. The summed E-state index contributed by atoms with van der Waals surface area (Å²) >= 11 is 0. The monoisotopic (exact) mass is 292 g/mol. The van der Waals surface area contributed by atoms with E-state index in [-0.39, 0.29) is 12.2 Å². The lowest BCUT2D eigenvalue weighted by Crippen LogP contribution is -2.52. The number of piperazine rings is 1. The Labute approximate surface area is 121 Å². The third-order valence-corrected chi connectivity index (χ3v) is 3.42. The lowest BCUT2D eigenvalue weighted by Gasteiger charge is -2.31. The summed E-state index contributed by atoms with van der Waals surface area (Å²) in [6.07, 6.45) is 0. The van der Waals surface area contributed by atoms with Crippen molar-refractivity contribution in [3.05, 3.63) is 33.9 Å². The average molecular weight is 292 g/mol. The van der Waals surface area contributed by atoms with E-state index in [0.29, 0.717) is 18.8 Å². The number of nitro benzene ring substituents is 1. The largest absolute Gasteiger partial charge is 0.383 e. The maximum absolute atomic E-state index is 11.9. The number of amides is 2. The van der Waals surface area contributed by atoms with E-state index in [1.165, 1.54) is 15.9 Å². The number of nitrogens with zero attached hydrogens (tertiary/aromatic N) is 3. The van der Waals surface area contributed by atoms with Gasteiger partial charge in [-0.3, -0.25) is 19.7 Å². The van der Waals surface area contributed by atoms with Crippen molar-refractivity contribution in [3.8, 4) is 0 Å². The second-order valence-electron chi connectivity index (χ2n) is 4.81. The van der Waals surface area contributed by atoms with Gasteiger partial charge in [0, 0.05) is 39.8 Å². The summed E-state index contributed by atoms with van der Waals surface area (Å²) in [6.45, 7) is 1.19. The molecule has 2 rings (SSSR count). The van der Waals surface area contributed by atoms with Gasteiger partial charge >= 0.3 is 11.8 Å². The molecule has 0 spiro atoms. The van der Waals surface area contributed by atoms with Crippen molar-refractivity contribution >= 4 is 23.2 Å². The number of rotatable bonds is 4. The van der Waals surface area contributed by atoms with Crippen molar-refractivity contribution in [3.63, 3.8) is 0 Å². The van der Waals surface area contributed by atoms with Gasteiger partial charge in [-0.1, -0.05) is 6.07 Å². The molecule has 0 aromatic heterocycles. The zero-order chi connectivity index (χ0) is 15.6. The zero-order valence-corrected chi connectivity index (χ0v) is 11.8. The predicted octanol–water partition coefficient (Wildman–Crippen LogP) is 0.437. The van der Waals surface area contributed by atoms with Crippen molar-refractivity contribution in [1.82, 2.24) is 9.80 Å². The van der Waals surface area contributed by atoms with Gasteiger partial charge in [0.2, 0.25) is 0 Å². The molecule has 0 saturated carbocycles. The van der Waals surface area contributed by atoms with Crippen molar-refractivity contribution in [2.45, 2.75) is 6.54 Å². The first-order chi connectivity index (χ1) is 9.93. The summed E-state index contributed by atoms with van der Waals surface area (Å²) < 4.78 is 0. The van der Waals surface area contributed by atoms with Crippen molar-refractivity contribution in [2.75, 3.05) is 32.5 Å². The van der Waals surface area contributed by atoms with Crippen LogP contribution in [0.3, 0.4) is 0 Å². The van der Waals surface area contributed by atoms with Crippen LogP contribution in [-0.2, 0) is 16.1 Å². The number of carbonyl (C=O) groups is 2. The Kier molecular flexibility index (Phi) is 4.06. The van der Waals surface area contributed by atoms with Gasteiger partial charge in [0.05, 0.1) is 4.92 Å². The van der Waals surface area contributed by atoms with E-state index in [2.05, 4.69) is 5.32 Å². The van der Waals surface area contributed by atoms with Gasteiger partial charge in [0.15, 0.2) is 0 Å². The fraction of sp³-hybridized carbons (Fsp3) is 0.385. The van der Waals surface area contributed by atoms with Crippen LogP contribution >= 0.6 is 0 Å². The van der Waals surface area contributed by atoms with Crippen LogP contribution in [0.25, 0.3) is 0 Å². The van der Waals surface area contributed by atoms with Gasteiger partial charge < -0.3 is 15.1 Å². The Morgan fingerprint density at radius 1 is 1.29 bits per heavy atom. The van der Waals surface area contributed by atoms with Crippen LogP contribution in [0.2, 0.25) is 0 Å². The van der Waals surface area contributed by atoms with Crippen LogP contribution < -0.4 is 5.32 Å². The first-order valence-electron chi connectivity index (χ1n) is 6.43. The van der Waals surface area contributed by atoms with Crippen LogP contribution in [-0.4, -0.2) is 53.7 Å². The molecule has 21 heavy (non-hydrogen) atoms. The van der Waals surface area contributed by atoms with Gasteiger partial charge in [-0.05, 0) is 11.6 Å². The average Bonchev–Trinajstić information content (AvgIpc) is 2.47. The number of nitro groups is 1. The Morgan fingerprint density at radius 2 is 2.00 bits per heavy atom. The van der Waals surface area contributed by atoms with Crippen molar-refractivity contribution in [1.29, 1.82) is 0 Å². The van der Waals surface area contributed by atoms with E-state index in [1.54, 1.807) is 26.2 Å². The Hall–Kier alpha value is -2.64. The van der Waals surface area contributed by atoms with Crippen LogP contribution in [0.5, 0.6) is 0 Å². The Balaban J connectivity index is 2.18. The molecule has 1 heterocycles. The normalized spacial score (nSPS) is 15.3. The third-order valence-electron chi connectivity index (χ3n) is 3.42. The highest BCUT2D eigenvalue weighted by Gasteiger charge is 2.30. The molecule has 8 nitrogen and oxygen atoms in total. The molecular formula is C13H16N4O4. The zero-order valence-electron chi connectivity index (χ0n) is 11.8. The number of hydrogen-bond acceptors (Lipinski definition) is 5. The van der Waals surface area contributed by atoms with E-state index in [9.17, 15) is 19.7 Å². The smallest absolute Gasteiger partial charge is 0.312 e. The summed E-state index contributed by atoms with van der Waals surface area (Å²) in [5.74, 6) is -1.08. The molecule has 1 aromatic carbocycles. The van der Waals surface area contributed by atoms with Crippen molar-refractivity contribution in [2.24, 2.45) is 0 Å². The fourth-order valence-electron chi connectivity index (χ4n) is 2.18. The Bertz CT molecular complexity index is 602. The minimum absolute atomic E-state index is 0.0259. The number of benzene rings is 1. The van der Waals surface area contributed by atoms with Crippen molar-refractivity contribution < 1.29 is 14.5 Å². The van der Waals surface area contributed by atoms with Gasteiger partial charge in [-0.25, -0.2) is 0 Å². The van der Waals surface area contributed by atoms with E-state index < -0.39 is 16.7 Å². The van der Waals surface area contributed by atoms with Crippen LogP contribution in [0.4, 0.5) is 11.4 Å². The Morgan fingerprint density at radius 3 is 2.62 bits per heavy atom. The summed E-state index contributed by atoms with van der Waals surface area (Å²) in [5, 5.41) is 13.6. The lowest BCUT2D eigenvalue weighted by molar-refractivity contribution is -0.384. The van der Waals surface area contributed by atoms with Gasteiger partial charge in [0.1, 0.15) is 5.69 Å². The molecule has 0 unspecified atom stereocenters. The highest BCUT2D eigenvalue weighted by Crippen LogP contribution is 2.25. The predicted molar refractivity (Wildman–Crippen MR) is 75.7 cm³/mol. The topological polar surface area (TPSA) is 95.8 Å². The lowest BCUT2D eigenvalue weighted by atomic mass is 10.1. The highest BCUT2D eigenvalue weighted by atomic mass is 16.6. The molecule has 0 aliphatic carbocycles. The molecule has 112 valence electrons. The summed E-state index contributed by atoms with van der Waals surface area (Å²) in [5.41, 5.74) is 1.09. The number of likely N-dealkylation sites (N-methyl/N-ethyl adjacent to an activating group) is 1. The minimum Gasteiger partial charge on any atom is -0.383 e. The minimum atomic E-state index is -0.548. The summed E-state index contributed by atoms with van der Waals surface area (Å²) in [4.78, 5) is 36.7. The van der Waals surface area contributed by atoms with E-state index in [4.69, 9.17) is 0 Å². The molecule has 8 heteroatoms. The molecule has 0 atom stereocenters. The third kappa shape index (κ3) is 2.93. The second kappa shape index (κ2) is 5.78. The van der Waals surface area contributed by atoms with Gasteiger partial charge in [-0.15, -0.1) is 0 Å². The second-order valence-corrected chi connectivity index (χ2v) is 4.81. The molecule has 0 radical (unpaired) electrons. The van der Waals surface area contributed by atoms with Crippen LogP contribution in [0.15, 0.2) is 18.2 Å². The maximum atomic E-state index is 11.9. The molecule has 2 amide bonds. The standard InChI is InChI=1S/C13H16N4O4/c1-14-10-7-9(3-4-11(10)17(20)21)8-16-6-5-15(2)12(18)13(16)19/h3-4,7,14H,5-6,8H2,1-2H3. The van der Waals surface area contributed by atoms with E-state index in [0.717, 1.165) is 5.56 Å². The van der Waals surface area contributed by atoms with Crippen LogP contribution in [0, 0.1) is 10.1 Å². The first-order valence-corrected chi connectivity index (χ1v) is 6.43. The molecule has 1 aromatic rings. The molecule has 1 saturated heterocycles. The quantitative estimate of drug-likeness (QED) is 0.493. The molecule has 1 fully saturated rings. The molecule has 1 aliphatic rings. The fourth-order valence-corrected chi connectivity index (χ4v) is 2.18. The summed E-state index contributed by atoms with van der Waals surface area (Å²) in [6, 6.07) is 4.60. The summed E-state index contributed by atoms with van der Waals surface area (Å²) in [7, 11) is 3.18. The van der Waals surface area contributed by atoms with Gasteiger partial charge in [-0.2, -0.15) is 0 Å². The number of anilines is 1. The van der Waals surface area contributed by atoms with E-state index >= 15 is 0 Å². The van der Waals surface area contributed by atoms with Crippen LogP contribution in [0.1, 0.15) is 5.56 Å². The number of hydrogen-bond donors (Lipinski definition) is 1. The molecule has 1 aliphatic heterocycles. The van der Waals surface area contributed by atoms with Gasteiger partial charge in [0.25, 0.3) is 5.69 Å². The number of nitrogens with one attached hydrogen (secondary N) is 1. The molecular weight excluding hydrogens is 276 g/mol. The first kappa shape index (κ1) is 14.8.